The van der Waals surface area contributed by atoms with Crippen molar-refractivity contribution >= 4 is 24.0 Å². The molecule has 0 fully saturated rings. The number of nitrogens with one attached hydrogen (secondary N) is 2. The van der Waals surface area contributed by atoms with Crippen molar-refractivity contribution in [2.24, 2.45) is 0 Å². The van der Waals surface area contributed by atoms with Crippen LogP contribution in [0.25, 0.3) is 12.2 Å². The molecule has 0 aliphatic carbocycles. The maximum Gasteiger partial charge on any atom is 0.261 e. The Balaban J connectivity index is 1.76. The SMILES string of the molecule is COc1cc(/C=C(\C#N)C(=O)NCCCCCCNC(=O)/C(C#N)=C/c2cc(O)c(O)c(OC)c2)cc(O)c1O. The van der Waals surface area contributed by atoms with E-state index in [9.17, 15) is 40.5 Å². The van der Waals surface area contributed by atoms with E-state index in [2.05, 4.69) is 10.6 Å². The summed E-state index contributed by atoms with van der Waals surface area (Å²) in [5.41, 5.74) is 0.238. The maximum atomic E-state index is 12.3. The van der Waals surface area contributed by atoms with Gasteiger partial charge in [-0.3, -0.25) is 9.59 Å². The van der Waals surface area contributed by atoms with Gasteiger partial charge in [0, 0.05) is 13.1 Å². The minimum atomic E-state index is -0.586. The number of nitriles is 2. The van der Waals surface area contributed by atoms with E-state index in [1.54, 1.807) is 0 Å². The van der Waals surface area contributed by atoms with Crippen LogP contribution in [0.2, 0.25) is 0 Å². The predicted octanol–water partition coefficient (Wildman–Crippen LogP) is 2.83. The molecule has 0 saturated heterocycles. The Morgan fingerprint density at radius 1 is 0.725 bits per heavy atom. The topological polar surface area (TPSA) is 205 Å². The van der Waals surface area contributed by atoms with Crippen molar-refractivity contribution in [3.05, 3.63) is 46.5 Å². The molecule has 0 spiro atoms. The number of hydrogen-bond donors (Lipinski definition) is 6. The second-order valence-corrected chi connectivity index (χ2v) is 8.45. The van der Waals surface area contributed by atoms with Crippen LogP contribution < -0.4 is 20.1 Å². The van der Waals surface area contributed by atoms with E-state index in [1.165, 1.54) is 50.6 Å². The summed E-state index contributed by atoms with van der Waals surface area (Å²) in [4.78, 5) is 24.7. The number of amides is 2. The van der Waals surface area contributed by atoms with Gasteiger partial charge in [0.1, 0.15) is 23.3 Å². The van der Waals surface area contributed by atoms with Gasteiger partial charge in [-0.25, -0.2) is 0 Å². The number of unbranched alkanes of at least 4 members (excludes halogenated alkanes) is 3. The minimum absolute atomic E-state index is 0.00157. The lowest BCUT2D eigenvalue weighted by Gasteiger charge is -2.08. The molecular formula is C28H30N4O8. The van der Waals surface area contributed by atoms with E-state index < -0.39 is 34.8 Å². The Labute approximate surface area is 231 Å². The molecule has 2 amide bonds. The Hall–Kier alpha value is -5.36. The Kier molecular flexibility index (Phi) is 11.7. The molecule has 0 bridgehead atoms. The number of rotatable bonds is 13. The highest BCUT2D eigenvalue weighted by Gasteiger charge is 2.14. The third-order valence-electron chi connectivity index (χ3n) is 5.62. The Morgan fingerprint density at radius 3 is 1.43 bits per heavy atom. The van der Waals surface area contributed by atoms with E-state index in [0.717, 1.165) is 12.8 Å². The molecule has 210 valence electrons. The van der Waals surface area contributed by atoms with Crippen LogP contribution in [0, 0.1) is 22.7 Å². The van der Waals surface area contributed by atoms with Gasteiger partial charge in [-0.05, 0) is 60.4 Å². The van der Waals surface area contributed by atoms with Gasteiger partial charge < -0.3 is 40.5 Å². The lowest BCUT2D eigenvalue weighted by molar-refractivity contribution is -0.117. The molecule has 12 nitrogen and oxygen atoms in total. The van der Waals surface area contributed by atoms with E-state index >= 15 is 0 Å². The van der Waals surface area contributed by atoms with Crippen LogP contribution in [0.3, 0.4) is 0 Å². The standard InChI is InChI=1S/C28H30N4O8/c1-39-23-13-17(11-21(33)25(23)35)9-19(15-29)27(37)31-7-5-3-4-6-8-32-28(38)20(16-30)10-18-12-22(34)26(36)24(14-18)40-2/h9-14,33-36H,3-8H2,1-2H3,(H,31,37)(H,32,38)/b19-9+,20-10+. The second-order valence-electron chi connectivity index (χ2n) is 8.45. The Bertz CT molecular complexity index is 1280. The predicted molar refractivity (Wildman–Crippen MR) is 144 cm³/mol. The van der Waals surface area contributed by atoms with E-state index in [1.807, 2.05) is 12.1 Å². The molecule has 0 unspecified atom stereocenters. The molecule has 2 aromatic rings. The maximum absolute atomic E-state index is 12.3. The molecule has 0 heterocycles. The van der Waals surface area contributed by atoms with Crippen molar-refractivity contribution in [3.8, 4) is 46.6 Å². The van der Waals surface area contributed by atoms with Crippen molar-refractivity contribution in [2.45, 2.75) is 25.7 Å². The molecular weight excluding hydrogens is 520 g/mol. The van der Waals surface area contributed by atoms with E-state index in [-0.39, 0.29) is 22.6 Å². The number of ether oxygens (including phenoxy) is 2. The number of methoxy groups -OCH3 is 2. The average molecular weight is 551 g/mol. The van der Waals surface area contributed by atoms with Gasteiger partial charge in [-0.15, -0.1) is 0 Å². The summed E-state index contributed by atoms with van der Waals surface area (Å²) >= 11 is 0. The molecule has 12 heteroatoms. The van der Waals surface area contributed by atoms with Gasteiger partial charge in [0.2, 0.25) is 11.5 Å². The third kappa shape index (κ3) is 8.60. The summed E-state index contributed by atoms with van der Waals surface area (Å²) in [6.07, 6.45) is 5.26. The summed E-state index contributed by atoms with van der Waals surface area (Å²) in [6.45, 7) is 0.636. The van der Waals surface area contributed by atoms with Gasteiger partial charge in [0.25, 0.3) is 11.8 Å². The first-order valence-corrected chi connectivity index (χ1v) is 12.1. The molecule has 0 saturated carbocycles. The molecule has 0 aromatic heterocycles. The zero-order chi connectivity index (χ0) is 29.7. The van der Waals surface area contributed by atoms with Crippen LogP contribution in [0.5, 0.6) is 34.5 Å². The lowest BCUT2D eigenvalue weighted by atomic mass is 10.1. The van der Waals surface area contributed by atoms with Crippen molar-refractivity contribution in [3.63, 3.8) is 0 Å². The van der Waals surface area contributed by atoms with Crippen LogP contribution in [0.4, 0.5) is 0 Å². The lowest BCUT2D eigenvalue weighted by Crippen LogP contribution is -2.26. The van der Waals surface area contributed by atoms with Gasteiger partial charge >= 0.3 is 0 Å². The number of phenols is 4. The summed E-state index contributed by atoms with van der Waals surface area (Å²) in [7, 11) is 2.61. The van der Waals surface area contributed by atoms with Crippen LogP contribution in [0.1, 0.15) is 36.8 Å². The molecule has 2 aromatic carbocycles. The molecule has 0 aliphatic heterocycles. The number of phenolic OH excluding ortho intramolecular Hbond substituents is 4. The highest BCUT2D eigenvalue weighted by atomic mass is 16.5. The fourth-order valence-corrected chi connectivity index (χ4v) is 3.53. The number of benzene rings is 2. The quantitative estimate of drug-likeness (QED) is 0.0930. The van der Waals surface area contributed by atoms with Crippen LogP contribution >= 0.6 is 0 Å². The summed E-state index contributed by atoms with van der Waals surface area (Å²) in [6, 6.07) is 8.77. The first-order chi connectivity index (χ1) is 19.1. The molecule has 0 aliphatic rings. The Morgan fingerprint density at radius 2 is 1.10 bits per heavy atom. The fourth-order valence-electron chi connectivity index (χ4n) is 3.53. The summed E-state index contributed by atoms with van der Waals surface area (Å²) in [5.74, 6) is -2.96. The number of hydrogen-bond acceptors (Lipinski definition) is 10. The molecule has 0 atom stereocenters. The number of nitrogens with zero attached hydrogens (tertiary/aromatic N) is 2. The smallest absolute Gasteiger partial charge is 0.261 e. The van der Waals surface area contributed by atoms with E-state index in [0.29, 0.717) is 37.1 Å². The number of carbonyl (C=O) groups excluding carboxylic acids is 2. The largest absolute Gasteiger partial charge is 0.504 e. The number of carbonyl (C=O) groups is 2. The zero-order valence-electron chi connectivity index (χ0n) is 22.0. The fraction of sp³-hybridized carbons (Fsp3) is 0.286. The first-order valence-electron chi connectivity index (χ1n) is 12.1. The van der Waals surface area contributed by atoms with Crippen molar-refractivity contribution in [1.82, 2.24) is 10.6 Å². The highest BCUT2D eigenvalue weighted by Crippen LogP contribution is 2.37. The second kappa shape index (κ2) is 15.1. The summed E-state index contributed by atoms with van der Waals surface area (Å²) in [5, 5.41) is 62.9. The molecule has 40 heavy (non-hydrogen) atoms. The summed E-state index contributed by atoms with van der Waals surface area (Å²) < 4.78 is 9.90. The van der Waals surface area contributed by atoms with E-state index in [4.69, 9.17) is 9.47 Å². The van der Waals surface area contributed by atoms with Crippen LogP contribution in [-0.2, 0) is 9.59 Å². The molecule has 2 rings (SSSR count). The monoisotopic (exact) mass is 550 g/mol. The molecule has 6 N–H and O–H groups in total. The van der Waals surface area contributed by atoms with Crippen LogP contribution in [-0.4, -0.2) is 59.5 Å². The third-order valence-corrected chi connectivity index (χ3v) is 5.62. The normalized spacial score (nSPS) is 11.2. The highest BCUT2D eigenvalue weighted by molar-refractivity contribution is 6.02. The average Bonchev–Trinajstić information content (AvgIpc) is 2.94. The van der Waals surface area contributed by atoms with Crippen molar-refractivity contribution < 1.29 is 39.5 Å². The zero-order valence-corrected chi connectivity index (χ0v) is 22.0. The minimum Gasteiger partial charge on any atom is -0.504 e. The van der Waals surface area contributed by atoms with Crippen LogP contribution in [0.15, 0.2) is 35.4 Å². The molecule has 0 radical (unpaired) electrons. The van der Waals surface area contributed by atoms with Gasteiger partial charge in [0.05, 0.1) is 14.2 Å². The first kappa shape index (κ1) is 30.9. The van der Waals surface area contributed by atoms with Crippen molar-refractivity contribution in [1.29, 1.82) is 10.5 Å². The van der Waals surface area contributed by atoms with Gasteiger partial charge in [0.15, 0.2) is 23.0 Å². The van der Waals surface area contributed by atoms with Gasteiger partial charge in [-0.1, -0.05) is 12.8 Å². The van der Waals surface area contributed by atoms with Gasteiger partial charge in [-0.2, -0.15) is 10.5 Å². The number of aromatic hydroxyl groups is 4. The van der Waals surface area contributed by atoms with Crippen molar-refractivity contribution in [2.75, 3.05) is 27.3 Å².